The van der Waals surface area contributed by atoms with E-state index < -0.39 is 5.79 Å². The fourth-order valence-electron chi connectivity index (χ4n) is 1.72. The minimum absolute atomic E-state index is 0.0377. The van der Waals surface area contributed by atoms with Crippen LogP contribution in [0, 0.1) is 0 Å². The quantitative estimate of drug-likeness (QED) is 0.826. The van der Waals surface area contributed by atoms with Crippen LogP contribution >= 0.6 is 0 Å². The van der Waals surface area contributed by atoms with Gasteiger partial charge in [-0.25, -0.2) is 0 Å². The maximum Gasteiger partial charge on any atom is 0.253 e. The molecule has 0 bridgehead atoms. The van der Waals surface area contributed by atoms with Crippen LogP contribution in [0.15, 0.2) is 18.5 Å². The second-order valence-corrected chi connectivity index (χ2v) is 4.59. The monoisotopic (exact) mass is 252 g/mol. The highest BCUT2D eigenvalue weighted by Gasteiger charge is 2.32. The van der Waals surface area contributed by atoms with Gasteiger partial charge in [-0.1, -0.05) is 0 Å². The Bertz CT molecular complexity index is 447. The highest BCUT2D eigenvalue weighted by atomic mass is 16.7. The lowest BCUT2D eigenvalue weighted by Gasteiger charge is -2.17. The predicted molar refractivity (Wildman–Crippen MR) is 63.1 cm³/mol. The maximum atomic E-state index is 11.8. The number of aromatic hydroxyl groups is 1. The maximum absolute atomic E-state index is 11.8. The lowest BCUT2D eigenvalue weighted by Crippen LogP contribution is -2.34. The zero-order chi connectivity index (χ0) is 13.2. The van der Waals surface area contributed by atoms with E-state index in [0.29, 0.717) is 18.7 Å². The van der Waals surface area contributed by atoms with Gasteiger partial charge in [-0.15, -0.1) is 0 Å². The largest absolute Gasteiger partial charge is 0.506 e. The molecule has 1 atom stereocenters. The van der Waals surface area contributed by atoms with Crippen LogP contribution in [0.4, 0.5) is 0 Å². The molecule has 1 aromatic rings. The first-order valence-electron chi connectivity index (χ1n) is 5.70. The Kier molecular flexibility index (Phi) is 3.49. The zero-order valence-corrected chi connectivity index (χ0v) is 10.3. The van der Waals surface area contributed by atoms with E-state index >= 15 is 0 Å². The van der Waals surface area contributed by atoms with E-state index in [0.717, 1.165) is 0 Å². The molecular formula is C12H16N2O4. The molecule has 1 aliphatic rings. The Morgan fingerprint density at radius 1 is 1.61 bits per heavy atom. The molecule has 1 aromatic heterocycles. The number of ether oxygens (including phenoxy) is 2. The SMILES string of the molecule is CC1(C)OCC(CNC(=O)c2cncc(O)c2)O1. The first-order valence-corrected chi connectivity index (χ1v) is 5.70. The van der Waals surface area contributed by atoms with E-state index in [2.05, 4.69) is 10.3 Å². The van der Waals surface area contributed by atoms with E-state index in [9.17, 15) is 9.90 Å². The van der Waals surface area contributed by atoms with Crippen molar-refractivity contribution in [2.75, 3.05) is 13.2 Å². The van der Waals surface area contributed by atoms with Crippen molar-refractivity contribution in [3.05, 3.63) is 24.0 Å². The van der Waals surface area contributed by atoms with Gasteiger partial charge in [0.2, 0.25) is 0 Å². The van der Waals surface area contributed by atoms with Gasteiger partial charge in [0.05, 0.1) is 18.4 Å². The van der Waals surface area contributed by atoms with Crippen molar-refractivity contribution in [3.63, 3.8) is 0 Å². The Hall–Kier alpha value is -1.66. The van der Waals surface area contributed by atoms with E-state index in [-0.39, 0.29) is 17.8 Å². The number of nitrogens with one attached hydrogen (secondary N) is 1. The van der Waals surface area contributed by atoms with E-state index in [1.165, 1.54) is 18.5 Å². The second-order valence-electron chi connectivity index (χ2n) is 4.59. The van der Waals surface area contributed by atoms with Gasteiger partial charge in [0.1, 0.15) is 11.9 Å². The van der Waals surface area contributed by atoms with Crippen molar-refractivity contribution in [2.45, 2.75) is 25.7 Å². The summed E-state index contributed by atoms with van der Waals surface area (Å²) in [4.78, 5) is 15.5. The first kappa shape index (κ1) is 12.8. The number of pyridine rings is 1. The summed E-state index contributed by atoms with van der Waals surface area (Å²) >= 11 is 0. The smallest absolute Gasteiger partial charge is 0.253 e. The molecule has 2 N–H and O–H groups in total. The second kappa shape index (κ2) is 4.91. The van der Waals surface area contributed by atoms with Crippen molar-refractivity contribution < 1.29 is 19.4 Å². The number of hydrogen-bond donors (Lipinski definition) is 2. The van der Waals surface area contributed by atoms with Gasteiger partial charge < -0.3 is 19.9 Å². The van der Waals surface area contributed by atoms with E-state index in [4.69, 9.17) is 9.47 Å². The summed E-state index contributed by atoms with van der Waals surface area (Å²) in [6.45, 7) is 4.46. The summed E-state index contributed by atoms with van der Waals surface area (Å²) in [5.41, 5.74) is 0.313. The van der Waals surface area contributed by atoms with Crippen molar-refractivity contribution >= 4 is 5.91 Å². The van der Waals surface area contributed by atoms with Gasteiger partial charge >= 0.3 is 0 Å². The molecular weight excluding hydrogens is 236 g/mol. The fraction of sp³-hybridized carbons (Fsp3) is 0.500. The first-order chi connectivity index (χ1) is 8.46. The topological polar surface area (TPSA) is 80.7 Å². The van der Waals surface area contributed by atoms with Crippen LogP contribution in [-0.4, -0.2) is 41.0 Å². The van der Waals surface area contributed by atoms with Crippen LogP contribution < -0.4 is 5.32 Å². The highest BCUT2D eigenvalue weighted by Crippen LogP contribution is 2.21. The molecule has 6 nitrogen and oxygen atoms in total. The van der Waals surface area contributed by atoms with Crippen molar-refractivity contribution in [1.82, 2.24) is 10.3 Å². The summed E-state index contributed by atoms with van der Waals surface area (Å²) in [7, 11) is 0. The Morgan fingerprint density at radius 3 is 3.00 bits per heavy atom. The molecule has 0 radical (unpaired) electrons. The Balaban J connectivity index is 1.86. The average Bonchev–Trinajstić information content (AvgIpc) is 2.66. The molecule has 0 aromatic carbocycles. The average molecular weight is 252 g/mol. The number of rotatable bonds is 3. The molecule has 6 heteroatoms. The van der Waals surface area contributed by atoms with Gasteiger partial charge in [0.15, 0.2) is 5.79 Å². The van der Waals surface area contributed by atoms with Crippen LogP contribution in [-0.2, 0) is 9.47 Å². The molecule has 1 unspecified atom stereocenters. The highest BCUT2D eigenvalue weighted by molar-refractivity contribution is 5.94. The van der Waals surface area contributed by atoms with Crippen LogP contribution in [0.2, 0.25) is 0 Å². The van der Waals surface area contributed by atoms with Crippen LogP contribution in [0.3, 0.4) is 0 Å². The number of nitrogens with zero attached hydrogens (tertiary/aromatic N) is 1. The van der Waals surface area contributed by atoms with Gasteiger partial charge in [-0.05, 0) is 19.9 Å². The number of carbonyl (C=O) groups excluding carboxylic acids is 1. The third-order valence-electron chi connectivity index (χ3n) is 2.54. The number of carbonyl (C=O) groups is 1. The summed E-state index contributed by atoms with van der Waals surface area (Å²) < 4.78 is 10.9. The third kappa shape index (κ3) is 3.18. The predicted octanol–water partition coefficient (Wildman–Crippen LogP) is 0.668. The van der Waals surface area contributed by atoms with E-state index in [1.807, 2.05) is 13.8 Å². The summed E-state index contributed by atoms with van der Waals surface area (Å²) in [6.07, 6.45) is 2.51. The molecule has 2 rings (SSSR count). The Morgan fingerprint density at radius 2 is 2.39 bits per heavy atom. The van der Waals surface area contributed by atoms with Gasteiger partial charge in [-0.3, -0.25) is 9.78 Å². The molecule has 1 saturated heterocycles. The normalized spacial score (nSPS) is 21.8. The van der Waals surface area contributed by atoms with Gasteiger partial charge in [0, 0.05) is 12.7 Å². The third-order valence-corrected chi connectivity index (χ3v) is 2.54. The molecule has 2 heterocycles. The minimum atomic E-state index is -0.595. The fourth-order valence-corrected chi connectivity index (χ4v) is 1.72. The summed E-state index contributed by atoms with van der Waals surface area (Å²) in [5.74, 6) is -0.932. The van der Waals surface area contributed by atoms with Crippen LogP contribution in [0.1, 0.15) is 24.2 Å². The molecule has 1 amide bonds. The number of aromatic nitrogens is 1. The molecule has 98 valence electrons. The standard InChI is InChI=1S/C12H16N2O4/c1-12(2)17-7-10(18-12)6-14-11(16)8-3-9(15)5-13-4-8/h3-5,10,15H,6-7H2,1-2H3,(H,14,16). The summed E-state index contributed by atoms with van der Waals surface area (Å²) in [5, 5.41) is 11.9. The molecule has 1 aliphatic heterocycles. The van der Waals surface area contributed by atoms with Crippen molar-refractivity contribution in [1.29, 1.82) is 0 Å². The van der Waals surface area contributed by atoms with Crippen molar-refractivity contribution in [3.8, 4) is 5.75 Å². The molecule has 1 fully saturated rings. The Labute approximate surface area is 105 Å². The number of amides is 1. The molecule has 18 heavy (non-hydrogen) atoms. The molecule has 0 spiro atoms. The lowest BCUT2D eigenvalue weighted by molar-refractivity contribution is -0.137. The molecule has 0 aliphatic carbocycles. The number of hydrogen-bond acceptors (Lipinski definition) is 5. The minimum Gasteiger partial charge on any atom is -0.506 e. The van der Waals surface area contributed by atoms with E-state index in [1.54, 1.807) is 0 Å². The van der Waals surface area contributed by atoms with Crippen LogP contribution in [0.25, 0.3) is 0 Å². The molecule has 0 saturated carbocycles. The van der Waals surface area contributed by atoms with Gasteiger partial charge in [-0.2, -0.15) is 0 Å². The van der Waals surface area contributed by atoms with Crippen molar-refractivity contribution in [2.24, 2.45) is 0 Å². The van der Waals surface area contributed by atoms with Gasteiger partial charge in [0.25, 0.3) is 5.91 Å². The van der Waals surface area contributed by atoms with Crippen LogP contribution in [0.5, 0.6) is 5.75 Å². The lowest BCUT2D eigenvalue weighted by atomic mass is 10.2. The summed E-state index contributed by atoms with van der Waals surface area (Å²) in [6, 6.07) is 1.36. The zero-order valence-electron chi connectivity index (χ0n) is 10.3.